The van der Waals surface area contributed by atoms with Crippen LogP contribution in [0.4, 0.5) is 17.3 Å². The number of carbonyl (C=O) groups excluding carboxylic acids is 1. The van der Waals surface area contributed by atoms with Crippen molar-refractivity contribution in [2.24, 2.45) is 0 Å². The molecule has 0 spiro atoms. The topological polar surface area (TPSA) is 82.6 Å². The zero-order chi connectivity index (χ0) is 27.0. The van der Waals surface area contributed by atoms with Crippen LogP contribution in [-0.4, -0.2) is 72.1 Å². The number of piperazine rings is 1. The highest BCUT2D eigenvalue weighted by Gasteiger charge is 2.14. The van der Waals surface area contributed by atoms with E-state index in [1.54, 1.807) is 18.3 Å². The van der Waals surface area contributed by atoms with Gasteiger partial charge < -0.3 is 20.3 Å². The summed E-state index contributed by atoms with van der Waals surface area (Å²) < 4.78 is 6.00. The van der Waals surface area contributed by atoms with Crippen molar-refractivity contribution >= 4 is 23.2 Å². The summed E-state index contributed by atoms with van der Waals surface area (Å²) in [5, 5.41) is 6.24. The Bertz CT molecular complexity index is 1390. The molecule has 0 saturated carbocycles. The number of carbonyl (C=O) groups is 1. The minimum atomic E-state index is -0.179. The van der Waals surface area contributed by atoms with E-state index in [-0.39, 0.29) is 5.91 Å². The summed E-state index contributed by atoms with van der Waals surface area (Å²) in [4.78, 5) is 26.7. The maximum atomic E-state index is 13.0. The van der Waals surface area contributed by atoms with Gasteiger partial charge in [-0.1, -0.05) is 36.4 Å². The van der Waals surface area contributed by atoms with Gasteiger partial charge in [0.05, 0.1) is 5.69 Å². The molecule has 3 aromatic carbocycles. The lowest BCUT2D eigenvalue weighted by Gasteiger charge is -2.32. The van der Waals surface area contributed by atoms with E-state index in [0.717, 1.165) is 66.7 Å². The van der Waals surface area contributed by atoms with E-state index in [1.807, 2.05) is 73.7 Å². The summed E-state index contributed by atoms with van der Waals surface area (Å²) in [6.07, 6.45) is 1.73. The molecule has 1 fully saturated rings. The van der Waals surface area contributed by atoms with Gasteiger partial charge >= 0.3 is 0 Å². The Morgan fingerprint density at radius 1 is 0.949 bits per heavy atom. The third-order valence-electron chi connectivity index (χ3n) is 6.86. The van der Waals surface area contributed by atoms with Crippen molar-refractivity contribution in [1.82, 2.24) is 19.8 Å². The predicted molar refractivity (Wildman–Crippen MR) is 156 cm³/mol. The van der Waals surface area contributed by atoms with Crippen LogP contribution < -0.4 is 15.4 Å². The Kier molecular flexibility index (Phi) is 8.45. The van der Waals surface area contributed by atoms with Gasteiger partial charge in [-0.25, -0.2) is 9.97 Å². The van der Waals surface area contributed by atoms with E-state index in [4.69, 9.17) is 4.74 Å². The normalized spacial score (nSPS) is 14.1. The number of nitrogens with zero attached hydrogens (tertiary/aromatic N) is 4. The fraction of sp³-hybridized carbons (Fsp3) is 0.258. The third kappa shape index (κ3) is 7.19. The molecule has 1 amide bonds. The van der Waals surface area contributed by atoms with Gasteiger partial charge in [-0.2, -0.15) is 0 Å². The fourth-order valence-corrected chi connectivity index (χ4v) is 4.41. The molecule has 2 N–H and O–H groups in total. The first-order valence-corrected chi connectivity index (χ1v) is 13.2. The lowest BCUT2D eigenvalue weighted by Crippen LogP contribution is -2.45. The zero-order valence-electron chi connectivity index (χ0n) is 22.4. The molecule has 1 aromatic heterocycles. The number of rotatable bonds is 9. The van der Waals surface area contributed by atoms with Gasteiger partial charge in [0.2, 0.25) is 5.95 Å². The van der Waals surface area contributed by atoms with Crippen LogP contribution in [0.25, 0.3) is 11.3 Å². The number of amides is 1. The van der Waals surface area contributed by atoms with E-state index >= 15 is 0 Å². The second-order valence-electron chi connectivity index (χ2n) is 9.76. The van der Waals surface area contributed by atoms with Crippen molar-refractivity contribution in [3.8, 4) is 17.0 Å². The number of anilines is 3. The smallest absolute Gasteiger partial charge is 0.255 e. The first-order valence-electron chi connectivity index (χ1n) is 13.2. The number of hydrogen-bond acceptors (Lipinski definition) is 7. The Hall–Kier alpha value is -4.27. The largest absolute Gasteiger partial charge is 0.492 e. The molecule has 39 heavy (non-hydrogen) atoms. The van der Waals surface area contributed by atoms with Crippen LogP contribution in [0.3, 0.4) is 0 Å². The zero-order valence-corrected chi connectivity index (χ0v) is 22.4. The first-order chi connectivity index (χ1) is 19.0. The van der Waals surface area contributed by atoms with E-state index < -0.39 is 0 Å². The standard InChI is InChI=1S/C31H34N6O2/c1-23-8-13-27(39-21-20-37-18-16-36(2)17-19-37)22-29(23)34-30(38)25-9-11-26(12-10-25)33-31-32-15-14-28(35-31)24-6-4-3-5-7-24/h3-15,22H,16-21H2,1-2H3,(H,34,38)(H,32,33,35). The second kappa shape index (κ2) is 12.5. The maximum Gasteiger partial charge on any atom is 0.255 e. The highest BCUT2D eigenvalue weighted by Crippen LogP contribution is 2.24. The van der Waals surface area contributed by atoms with Crippen LogP contribution in [-0.2, 0) is 0 Å². The Balaban J connectivity index is 1.17. The highest BCUT2D eigenvalue weighted by atomic mass is 16.5. The molecule has 2 heterocycles. The number of aromatic nitrogens is 2. The number of ether oxygens (including phenoxy) is 1. The van der Waals surface area contributed by atoms with Gasteiger partial charge in [0.15, 0.2) is 0 Å². The highest BCUT2D eigenvalue weighted by molar-refractivity contribution is 6.05. The van der Waals surface area contributed by atoms with Gasteiger partial charge in [0.1, 0.15) is 12.4 Å². The quantitative estimate of drug-likeness (QED) is 0.317. The molecule has 0 radical (unpaired) electrons. The Morgan fingerprint density at radius 3 is 2.49 bits per heavy atom. The molecule has 8 nitrogen and oxygen atoms in total. The number of aryl methyl sites for hydroxylation is 1. The average molecular weight is 523 g/mol. The van der Waals surface area contributed by atoms with Crippen molar-refractivity contribution in [2.45, 2.75) is 6.92 Å². The molecular formula is C31H34N6O2. The number of benzene rings is 3. The van der Waals surface area contributed by atoms with Gasteiger partial charge in [-0.3, -0.25) is 9.69 Å². The summed E-state index contributed by atoms with van der Waals surface area (Å²) in [5.74, 6) is 1.07. The van der Waals surface area contributed by atoms with Crippen molar-refractivity contribution in [3.63, 3.8) is 0 Å². The first kappa shape index (κ1) is 26.3. The Morgan fingerprint density at radius 2 is 1.72 bits per heavy atom. The molecule has 4 aromatic rings. The fourth-order valence-electron chi connectivity index (χ4n) is 4.41. The average Bonchev–Trinajstić information content (AvgIpc) is 2.97. The van der Waals surface area contributed by atoms with Crippen LogP contribution >= 0.6 is 0 Å². The molecule has 200 valence electrons. The van der Waals surface area contributed by atoms with E-state index in [9.17, 15) is 4.79 Å². The van der Waals surface area contributed by atoms with Gasteiger partial charge in [0, 0.05) is 67.5 Å². The molecule has 1 aliphatic heterocycles. The number of likely N-dealkylation sites (N-methyl/N-ethyl adjacent to an activating group) is 1. The Labute approximate surface area is 229 Å². The minimum Gasteiger partial charge on any atom is -0.492 e. The van der Waals surface area contributed by atoms with Crippen LogP contribution in [0.5, 0.6) is 5.75 Å². The predicted octanol–water partition coefficient (Wildman–Crippen LogP) is 5.07. The van der Waals surface area contributed by atoms with Crippen molar-refractivity contribution in [2.75, 3.05) is 57.0 Å². The molecular weight excluding hydrogens is 488 g/mol. The monoisotopic (exact) mass is 522 g/mol. The van der Waals surface area contributed by atoms with Crippen LogP contribution in [0.1, 0.15) is 15.9 Å². The number of hydrogen-bond donors (Lipinski definition) is 2. The minimum absolute atomic E-state index is 0.179. The lowest BCUT2D eigenvalue weighted by atomic mass is 10.1. The lowest BCUT2D eigenvalue weighted by molar-refractivity contribution is 0.102. The molecule has 1 aliphatic rings. The van der Waals surface area contributed by atoms with Crippen molar-refractivity contribution < 1.29 is 9.53 Å². The summed E-state index contributed by atoms with van der Waals surface area (Å²) in [7, 11) is 2.16. The van der Waals surface area contributed by atoms with E-state index in [1.165, 1.54) is 0 Å². The molecule has 1 saturated heterocycles. The van der Waals surface area contributed by atoms with Crippen LogP contribution in [0, 0.1) is 6.92 Å². The van der Waals surface area contributed by atoms with Gasteiger partial charge in [-0.05, 0) is 55.9 Å². The summed E-state index contributed by atoms with van der Waals surface area (Å²) in [6.45, 7) is 7.80. The summed E-state index contributed by atoms with van der Waals surface area (Å²) in [5.41, 5.74) is 4.93. The maximum absolute atomic E-state index is 13.0. The molecule has 0 bridgehead atoms. The summed E-state index contributed by atoms with van der Waals surface area (Å²) >= 11 is 0. The van der Waals surface area contributed by atoms with Crippen LogP contribution in [0.15, 0.2) is 85.1 Å². The van der Waals surface area contributed by atoms with E-state index in [0.29, 0.717) is 18.1 Å². The molecule has 0 unspecified atom stereocenters. The SMILES string of the molecule is Cc1ccc(OCCN2CCN(C)CC2)cc1NC(=O)c1ccc(Nc2nccc(-c3ccccc3)n2)cc1. The van der Waals surface area contributed by atoms with Gasteiger partial charge in [-0.15, -0.1) is 0 Å². The number of nitrogens with one attached hydrogen (secondary N) is 2. The van der Waals surface area contributed by atoms with Crippen molar-refractivity contribution in [3.05, 3.63) is 96.2 Å². The van der Waals surface area contributed by atoms with Crippen LogP contribution in [0.2, 0.25) is 0 Å². The van der Waals surface area contributed by atoms with Crippen molar-refractivity contribution in [1.29, 1.82) is 0 Å². The molecule has 8 heteroatoms. The molecule has 0 aliphatic carbocycles. The molecule has 0 atom stereocenters. The third-order valence-corrected chi connectivity index (χ3v) is 6.86. The second-order valence-corrected chi connectivity index (χ2v) is 9.76. The van der Waals surface area contributed by atoms with E-state index in [2.05, 4.69) is 37.4 Å². The van der Waals surface area contributed by atoms with Gasteiger partial charge in [0.25, 0.3) is 5.91 Å². The molecule has 5 rings (SSSR count). The summed E-state index contributed by atoms with van der Waals surface area (Å²) in [6, 6.07) is 24.9.